The average Bonchev–Trinajstić information content (AvgIpc) is 3.18. The van der Waals surface area contributed by atoms with E-state index < -0.39 is 8.80 Å². The topological polar surface area (TPSA) is 30.9 Å². The first kappa shape index (κ1) is 22.6. The maximum atomic E-state index is 5.55. The fourth-order valence-corrected chi connectivity index (χ4v) is 5.81. The second kappa shape index (κ2) is 12.0. The molecule has 1 fully saturated rings. The first-order valence-electron chi connectivity index (χ1n) is 10.7. The minimum absolute atomic E-state index is 0.587. The molecular formula is C22H39NO3Si. The van der Waals surface area contributed by atoms with Gasteiger partial charge in [-0.15, -0.1) is 0 Å². The van der Waals surface area contributed by atoms with Gasteiger partial charge in [-0.3, -0.25) is 4.90 Å². The summed E-state index contributed by atoms with van der Waals surface area (Å²) < 4.78 is 16.7. The van der Waals surface area contributed by atoms with Crippen molar-refractivity contribution in [2.24, 2.45) is 0 Å². The summed E-state index contributed by atoms with van der Waals surface area (Å²) >= 11 is 0. The second-order valence-corrected chi connectivity index (χ2v) is 10.6. The fraction of sp³-hybridized carbons (Fsp3) is 0.727. The zero-order valence-corrected chi connectivity index (χ0v) is 18.8. The van der Waals surface area contributed by atoms with Gasteiger partial charge >= 0.3 is 8.80 Å². The first-order chi connectivity index (χ1) is 13.2. The Bertz CT molecular complexity index is 511. The zero-order chi connectivity index (χ0) is 19.5. The fourth-order valence-electron chi connectivity index (χ4n) is 4.14. The molecule has 0 amide bonds. The van der Waals surface area contributed by atoms with Crippen LogP contribution in [0.1, 0.15) is 75.5 Å². The molecule has 4 nitrogen and oxygen atoms in total. The number of likely N-dealkylation sites (tertiary alicyclic amines) is 1. The van der Waals surface area contributed by atoms with Crippen molar-refractivity contribution < 1.29 is 13.3 Å². The molecule has 0 spiro atoms. The maximum absolute atomic E-state index is 5.55. The lowest BCUT2D eigenvalue weighted by Gasteiger charge is -2.26. The molecule has 2 rings (SSSR count). The van der Waals surface area contributed by atoms with Crippen molar-refractivity contribution in [3.05, 3.63) is 35.4 Å². The van der Waals surface area contributed by atoms with Gasteiger partial charge in [0.1, 0.15) is 0 Å². The van der Waals surface area contributed by atoms with Crippen LogP contribution in [0.3, 0.4) is 0 Å². The molecule has 0 aliphatic carbocycles. The Hall–Kier alpha value is -0.723. The molecule has 1 aromatic rings. The van der Waals surface area contributed by atoms with Gasteiger partial charge in [0.15, 0.2) is 0 Å². The molecule has 1 heterocycles. The number of nitrogens with zero attached hydrogens (tertiary/aromatic N) is 1. The van der Waals surface area contributed by atoms with Gasteiger partial charge in [0.05, 0.1) is 0 Å². The summed E-state index contributed by atoms with van der Waals surface area (Å²) in [5.74, 6) is 0. The third kappa shape index (κ3) is 6.68. The van der Waals surface area contributed by atoms with Crippen LogP contribution in [0.2, 0.25) is 0 Å². The van der Waals surface area contributed by atoms with E-state index in [1.54, 1.807) is 21.3 Å². The molecular weight excluding hydrogens is 354 g/mol. The van der Waals surface area contributed by atoms with Gasteiger partial charge in [-0.05, 0) is 43.5 Å². The van der Waals surface area contributed by atoms with Crippen LogP contribution in [0.25, 0.3) is 0 Å². The largest absolute Gasteiger partial charge is 0.504 e. The van der Waals surface area contributed by atoms with Gasteiger partial charge in [0.2, 0.25) is 0 Å². The second-order valence-electron chi connectivity index (χ2n) is 7.68. The van der Waals surface area contributed by atoms with E-state index in [1.807, 2.05) is 0 Å². The van der Waals surface area contributed by atoms with Gasteiger partial charge in [0, 0.05) is 33.4 Å². The molecule has 0 aromatic heterocycles. The number of rotatable bonds is 13. The van der Waals surface area contributed by atoms with Crippen LogP contribution < -0.4 is 0 Å². The number of unbranched alkanes of at least 4 members (excludes halogenated alkanes) is 5. The highest BCUT2D eigenvalue weighted by Gasteiger charge is 2.38. The predicted molar refractivity (Wildman–Crippen MR) is 114 cm³/mol. The van der Waals surface area contributed by atoms with Crippen molar-refractivity contribution in [1.82, 2.24) is 4.90 Å². The lowest BCUT2D eigenvalue weighted by molar-refractivity contribution is 0.122. The van der Waals surface area contributed by atoms with Crippen molar-refractivity contribution in [2.45, 2.75) is 70.4 Å². The molecule has 0 saturated carbocycles. The van der Waals surface area contributed by atoms with Gasteiger partial charge < -0.3 is 13.3 Å². The third-order valence-electron chi connectivity index (χ3n) is 5.88. The molecule has 1 saturated heterocycles. The van der Waals surface area contributed by atoms with E-state index in [1.165, 1.54) is 75.6 Å². The highest BCUT2D eigenvalue weighted by molar-refractivity contribution is 6.60. The van der Waals surface area contributed by atoms with Crippen molar-refractivity contribution in [2.75, 3.05) is 34.4 Å². The minimum atomic E-state index is -2.56. The predicted octanol–water partition coefficient (Wildman–Crippen LogP) is 5.14. The van der Waals surface area contributed by atoms with Gasteiger partial charge in [0.25, 0.3) is 0 Å². The SMILES string of the molecule is CCCCCCCCN1CCCC1c1ccc(C[Si](OC)(OC)OC)cc1. The molecule has 27 heavy (non-hydrogen) atoms. The van der Waals surface area contributed by atoms with Crippen LogP contribution in [-0.4, -0.2) is 48.1 Å². The van der Waals surface area contributed by atoms with Gasteiger partial charge in [-0.1, -0.05) is 63.3 Å². The van der Waals surface area contributed by atoms with Crippen LogP contribution in [0.5, 0.6) is 0 Å². The highest BCUT2D eigenvalue weighted by Crippen LogP contribution is 2.32. The van der Waals surface area contributed by atoms with E-state index in [9.17, 15) is 0 Å². The molecule has 0 N–H and O–H groups in total. The molecule has 1 aliphatic heterocycles. The Labute approximate surface area is 167 Å². The maximum Gasteiger partial charge on any atom is 0.504 e. The van der Waals surface area contributed by atoms with E-state index >= 15 is 0 Å². The Morgan fingerprint density at radius 3 is 2.19 bits per heavy atom. The van der Waals surface area contributed by atoms with E-state index in [4.69, 9.17) is 13.3 Å². The van der Waals surface area contributed by atoms with Crippen LogP contribution in [0.15, 0.2) is 24.3 Å². The highest BCUT2D eigenvalue weighted by atomic mass is 28.4. The summed E-state index contributed by atoms with van der Waals surface area (Å²) in [5, 5.41) is 0. The summed E-state index contributed by atoms with van der Waals surface area (Å²) in [5.41, 5.74) is 2.66. The number of benzene rings is 1. The van der Waals surface area contributed by atoms with E-state index in [0.29, 0.717) is 12.1 Å². The summed E-state index contributed by atoms with van der Waals surface area (Å²) in [7, 11) is 2.46. The normalized spacial score (nSPS) is 18.3. The summed E-state index contributed by atoms with van der Waals surface area (Å²) in [4.78, 5) is 2.69. The standard InChI is InChI=1S/C22H39NO3Si/c1-5-6-7-8-9-10-17-23-18-11-12-22(23)21-15-13-20(14-16-21)19-27(24-2,25-3)26-4/h13-16,22H,5-12,17-19H2,1-4H3. The third-order valence-corrected chi connectivity index (χ3v) is 8.59. The van der Waals surface area contributed by atoms with E-state index in [2.05, 4.69) is 36.1 Å². The van der Waals surface area contributed by atoms with E-state index in [0.717, 1.165) is 0 Å². The van der Waals surface area contributed by atoms with E-state index in [-0.39, 0.29) is 0 Å². The lowest BCUT2D eigenvalue weighted by atomic mass is 10.0. The van der Waals surface area contributed by atoms with Gasteiger partial charge in [-0.25, -0.2) is 0 Å². The molecule has 0 bridgehead atoms. The van der Waals surface area contributed by atoms with Crippen molar-refractivity contribution >= 4 is 8.80 Å². The Kier molecular flexibility index (Phi) is 10.0. The molecule has 1 atom stereocenters. The van der Waals surface area contributed by atoms with Gasteiger partial charge in [-0.2, -0.15) is 0 Å². The van der Waals surface area contributed by atoms with Crippen LogP contribution >= 0.6 is 0 Å². The van der Waals surface area contributed by atoms with Crippen LogP contribution in [-0.2, 0) is 19.3 Å². The van der Waals surface area contributed by atoms with Crippen LogP contribution in [0.4, 0.5) is 0 Å². The zero-order valence-electron chi connectivity index (χ0n) is 17.8. The van der Waals surface area contributed by atoms with Crippen molar-refractivity contribution in [3.63, 3.8) is 0 Å². The Balaban J connectivity index is 1.87. The Morgan fingerprint density at radius 1 is 0.926 bits per heavy atom. The summed E-state index contributed by atoms with van der Waals surface area (Å²) in [6.45, 7) is 4.77. The molecule has 1 aliphatic rings. The molecule has 1 aromatic carbocycles. The van der Waals surface area contributed by atoms with Crippen molar-refractivity contribution in [1.29, 1.82) is 0 Å². The summed E-state index contributed by atoms with van der Waals surface area (Å²) in [6.07, 6.45) is 10.8. The minimum Gasteiger partial charge on any atom is -0.377 e. The quantitative estimate of drug-likeness (QED) is 0.343. The number of hydrogen-bond donors (Lipinski definition) is 0. The molecule has 154 valence electrons. The lowest BCUT2D eigenvalue weighted by Crippen LogP contribution is -2.45. The first-order valence-corrected chi connectivity index (χ1v) is 12.6. The number of hydrogen-bond acceptors (Lipinski definition) is 4. The molecule has 5 heteroatoms. The summed E-state index contributed by atoms with van der Waals surface area (Å²) in [6, 6.07) is 10.3. The Morgan fingerprint density at radius 2 is 1.56 bits per heavy atom. The smallest absolute Gasteiger partial charge is 0.377 e. The van der Waals surface area contributed by atoms with Crippen LogP contribution in [0, 0.1) is 0 Å². The molecule has 0 radical (unpaired) electrons. The molecule has 1 unspecified atom stereocenters. The van der Waals surface area contributed by atoms with Crippen molar-refractivity contribution in [3.8, 4) is 0 Å². The average molecular weight is 394 g/mol. The monoisotopic (exact) mass is 393 g/mol.